The summed E-state index contributed by atoms with van der Waals surface area (Å²) in [4.78, 5) is 23.9. The van der Waals surface area contributed by atoms with Gasteiger partial charge in [0, 0.05) is 12.2 Å². The quantitative estimate of drug-likeness (QED) is 0.823. The first-order valence-electron chi connectivity index (χ1n) is 7.97. The topological polar surface area (TPSA) is 51.1 Å². The minimum Gasteiger partial charge on any atom is -0.352 e. The second-order valence-electron chi connectivity index (χ2n) is 6.00. The molecule has 0 saturated heterocycles. The molecule has 1 atom stereocenters. The molecule has 0 radical (unpaired) electrons. The van der Waals surface area contributed by atoms with Crippen LogP contribution in [0, 0.1) is 0 Å². The molecule has 1 amide bonds. The Kier molecular flexibility index (Phi) is 6.47. The number of nitrogens with one attached hydrogen (secondary N) is 1. The van der Waals surface area contributed by atoms with E-state index in [1.165, 1.54) is 0 Å². The van der Waals surface area contributed by atoms with Crippen LogP contribution < -0.4 is 10.9 Å². The van der Waals surface area contributed by atoms with Gasteiger partial charge in [-0.3, -0.25) is 9.59 Å². The van der Waals surface area contributed by atoms with Crippen LogP contribution in [-0.4, -0.2) is 16.5 Å². The summed E-state index contributed by atoms with van der Waals surface area (Å²) in [5, 5.41) is 2.10. The third-order valence-electron chi connectivity index (χ3n) is 3.80. The van der Waals surface area contributed by atoms with Crippen molar-refractivity contribution >= 4 is 17.5 Å². The average Bonchev–Trinajstić information content (AvgIpc) is 2.57. The van der Waals surface area contributed by atoms with Gasteiger partial charge < -0.3 is 9.88 Å². The Morgan fingerprint density at radius 2 is 1.92 bits per heavy atom. The Morgan fingerprint density at radius 1 is 1.27 bits per heavy atom. The Bertz CT molecular complexity index is 819. The molecule has 0 fully saturated rings. The molecule has 0 saturated carbocycles. The van der Waals surface area contributed by atoms with Crippen LogP contribution in [-0.2, 0) is 23.9 Å². The average molecular weight is 387 g/mol. The Labute approximate surface area is 153 Å². The third kappa shape index (κ3) is 5.62. The molecule has 8 heteroatoms. The Balaban J connectivity index is 1.99. The van der Waals surface area contributed by atoms with Gasteiger partial charge in [-0.15, -0.1) is 0 Å². The van der Waals surface area contributed by atoms with Crippen molar-refractivity contribution < 1.29 is 18.0 Å². The molecule has 1 aromatic carbocycles. The lowest BCUT2D eigenvalue weighted by Gasteiger charge is -2.16. The summed E-state index contributed by atoms with van der Waals surface area (Å²) in [7, 11) is 0. The van der Waals surface area contributed by atoms with Gasteiger partial charge in [0.2, 0.25) is 5.91 Å². The molecule has 0 aliphatic rings. The molecule has 1 aromatic heterocycles. The number of hydrogen-bond acceptors (Lipinski definition) is 2. The maximum Gasteiger partial charge on any atom is 0.417 e. The highest BCUT2D eigenvalue weighted by molar-refractivity contribution is 6.30. The van der Waals surface area contributed by atoms with Crippen LogP contribution in [0.1, 0.15) is 24.5 Å². The van der Waals surface area contributed by atoms with Gasteiger partial charge in [0.05, 0.1) is 5.56 Å². The van der Waals surface area contributed by atoms with Crippen LogP contribution in [0.5, 0.6) is 0 Å². The normalized spacial score (nSPS) is 12.7. The number of carbonyl (C=O) groups excluding carboxylic acids is 1. The van der Waals surface area contributed by atoms with Crippen LogP contribution in [0.15, 0.2) is 47.4 Å². The number of alkyl halides is 3. The van der Waals surface area contributed by atoms with Gasteiger partial charge in [-0.2, -0.15) is 13.2 Å². The summed E-state index contributed by atoms with van der Waals surface area (Å²) in [6.07, 6.45) is -2.65. The SMILES string of the molecule is C[C@H](CCc1ccccc1)NC(=O)Cn1cc(C(F)(F)F)cc(Cl)c1=O. The van der Waals surface area contributed by atoms with E-state index in [-0.39, 0.29) is 6.04 Å². The lowest BCUT2D eigenvalue weighted by atomic mass is 10.1. The van der Waals surface area contributed by atoms with E-state index in [9.17, 15) is 22.8 Å². The van der Waals surface area contributed by atoms with Crippen LogP contribution >= 0.6 is 11.6 Å². The number of benzene rings is 1. The first kappa shape index (κ1) is 20.0. The van der Waals surface area contributed by atoms with Crippen LogP contribution in [0.2, 0.25) is 5.02 Å². The number of nitrogens with zero attached hydrogens (tertiary/aromatic N) is 1. The lowest BCUT2D eigenvalue weighted by molar-refractivity contribution is -0.138. The molecular weight excluding hydrogens is 369 g/mol. The van der Waals surface area contributed by atoms with Crippen LogP contribution in [0.3, 0.4) is 0 Å². The monoisotopic (exact) mass is 386 g/mol. The zero-order chi connectivity index (χ0) is 19.3. The van der Waals surface area contributed by atoms with E-state index in [2.05, 4.69) is 5.32 Å². The third-order valence-corrected chi connectivity index (χ3v) is 4.07. The van der Waals surface area contributed by atoms with E-state index < -0.39 is 34.8 Å². The van der Waals surface area contributed by atoms with E-state index >= 15 is 0 Å². The zero-order valence-corrected chi connectivity index (χ0v) is 14.8. The molecule has 1 heterocycles. The highest BCUT2D eigenvalue weighted by Gasteiger charge is 2.32. The minimum atomic E-state index is -4.65. The van der Waals surface area contributed by atoms with Gasteiger partial charge in [-0.25, -0.2) is 0 Å². The summed E-state index contributed by atoms with van der Waals surface area (Å²) >= 11 is 5.57. The van der Waals surface area contributed by atoms with Crippen molar-refractivity contribution in [2.24, 2.45) is 0 Å². The van der Waals surface area contributed by atoms with E-state index in [0.717, 1.165) is 12.0 Å². The zero-order valence-electron chi connectivity index (χ0n) is 14.0. The second kappa shape index (κ2) is 8.40. The van der Waals surface area contributed by atoms with Gasteiger partial charge in [0.25, 0.3) is 5.56 Å². The molecule has 1 N–H and O–H groups in total. The number of aryl methyl sites for hydroxylation is 1. The summed E-state index contributed by atoms with van der Waals surface area (Å²) < 4.78 is 39.1. The van der Waals surface area contributed by atoms with Crippen molar-refractivity contribution in [3.63, 3.8) is 0 Å². The molecule has 140 valence electrons. The smallest absolute Gasteiger partial charge is 0.352 e. The molecule has 0 bridgehead atoms. The predicted octanol–water partition coefficient (Wildman–Crippen LogP) is 3.66. The molecule has 4 nitrogen and oxygen atoms in total. The highest BCUT2D eigenvalue weighted by Crippen LogP contribution is 2.29. The van der Waals surface area contributed by atoms with Crippen molar-refractivity contribution in [1.29, 1.82) is 0 Å². The van der Waals surface area contributed by atoms with Crippen LogP contribution in [0.25, 0.3) is 0 Å². The summed E-state index contributed by atoms with van der Waals surface area (Å²) in [5.41, 5.74) is -0.798. The van der Waals surface area contributed by atoms with E-state index in [1.807, 2.05) is 30.3 Å². The molecule has 0 unspecified atom stereocenters. The number of hydrogen-bond donors (Lipinski definition) is 1. The van der Waals surface area contributed by atoms with Gasteiger partial charge in [-0.05, 0) is 31.4 Å². The number of aromatic nitrogens is 1. The largest absolute Gasteiger partial charge is 0.417 e. The molecule has 26 heavy (non-hydrogen) atoms. The van der Waals surface area contributed by atoms with E-state index in [0.29, 0.717) is 23.3 Å². The number of halogens is 4. The fourth-order valence-electron chi connectivity index (χ4n) is 2.45. The standard InChI is InChI=1S/C18H18ClF3N2O2/c1-12(7-8-13-5-3-2-4-6-13)23-16(25)11-24-10-14(18(20,21)22)9-15(19)17(24)26/h2-6,9-10,12H,7-8,11H2,1H3,(H,23,25)/t12-/m1/s1. The maximum absolute atomic E-state index is 12.8. The lowest BCUT2D eigenvalue weighted by Crippen LogP contribution is -2.38. The van der Waals surface area contributed by atoms with Crippen molar-refractivity contribution in [3.8, 4) is 0 Å². The van der Waals surface area contributed by atoms with Crippen molar-refractivity contribution in [2.45, 2.75) is 38.5 Å². The first-order chi connectivity index (χ1) is 12.2. The minimum absolute atomic E-state index is 0.195. The van der Waals surface area contributed by atoms with Crippen molar-refractivity contribution in [2.75, 3.05) is 0 Å². The van der Waals surface area contributed by atoms with Gasteiger partial charge >= 0.3 is 6.18 Å². The molecule has 0 aliphatic carbocycles. The van der Waals surface area contributed by atoms with Crippen molar-refractivity contribution in [3.05, 3.63) is 69.1 Å². The highest BCUT2D eigenvalue weighted by atomic mass is 35.5. The number of rotatable bonds is 6. The molecule has 2 rings (SSSR count). The number of pyridine rings is 1. The van der Waals surface area contributed by atoms with Gasteiger partial charge in [-0.1, -0.05) is 41.9 Å². The Morgan fingerprint density at radius 3 is 2.54 bits per heavy atom. The molecule has 0 spiro atoms. The fraction of sp³-hybridized carbons (Fsp3) is 0.333. The summed E-state index contributed by atoms with van der Waals surface area (Å²) in [6, 6.07) is 10.1. The van der Waals surface area contributed by atoms with Gasteiger partial charge in [0.15, 0.2) is 0 Å². The maximum atomic E-state index is 12.8. The Hall–Kier alpha value is -2.28. The molecule has 0 aliphatic heterocycles. The van der Waals surface area contributed by atoms with Crippen LogP contribution in [0.4, 0.5) is 13.2 Å². The second-order valence-corrected chi connectivity index (χ2v) is 6.41. The van der Waals surface area contributed by atoms with Crippen molar-refractivity contribution in [1.82, 2.24) is 9.88 Å². The molecule has 2 aromatic rings. The fourth-order valence-corrected chi connectivity index (χ4v) is 2.67. The predicted molar refractivity (Wildman–Crippen MR) is 93.1 cm³/mol. The molecular formula is C18H18ClF3N2O2. The summed E-state index contributed by atoms with van der Waals surface area (Å²) in [5.74, 6) is -0.553. The summed E-state index contributed by atoms with van der Waals surface area (Å²) in [6.45, 7) is 1.26. The van der Waals surface area contributed by atoms with E-state index in [4.69, 9.17) is 11.6 Å². The first-order valence-corrected chi connectivity index (χ1v) is 8.35. The number of carbonyl (C=O) groups is 1. The van der Waals surface area contributed by atoms with Gasteiger partial charge in [0.1, 0.15) is 11.6 Å². The number of amides is 1. The van der Waals surface area contributed by atoms with E-state index in [1.54, 1.807) is 6.92 Å².